The van der Waals surface area contributed by atoms with E-state index in [4.69, 9.17) is 10.5 Å². The van der Waals surface area contributed by atoms with Crippen molar-refractivity contribution in [3.63, 3.8) is 0 Å². The van der Waals surface area contributed by atoms with Crippen molar-refractivity contribution in [2.24, 2.45) is 5.73 Å². The molecule has 19 heavy (non-hydrogen) atoms. The number of nitrogens with zero attached hydrogens (tertiary/aromatic N) is 1. The Bertz CT molecular complexity index is 396. The molecule has 5 nitrogen and oxygen atoms in total. The van der Waals surface area contributed by atoms with Crippen LogP contribution in [0.25, 0.3) is 0 Å². The maximum absolute atomic E-state index is 11.9. The third-order valence-electron chi connectivity index (χ3n) is 2.75. The summed E-state index contributed by atoms with van der Waals surface area (Å²) in [7, 11) is 1.90. The predicted molar refractivity (Wildman–Crippen MR) is 77.0 cm³/mol. The van der Waals surface area contributed by atoms with E-state index in [1.807, 2.05) is 43.1 Å². The molecule has 0 fully saturated rings. The lowest BCUT2D eigenvalue weighted by atomic mass is 10.2. The maximum Gasteiger partial charge on any atom is 0.238 e. The first-order chi connectivity index (χ1) is 9.17. The normalized spacial score (nSPS) is 10.7. The topological polar surface area (TPSA) is 67.6 Å². The fraction of sp³-hybridized carbons (Fsp3) is 0.500. The zero-order valence-electron chi connectivity index (χ0n) is 11.7. The minimum atomic E-state index is -0.0418. The summed E-state index contributed by atoms with van der Waals surface area (Å²) in [5, 5.41) is 2.88. The van der Waals surface area contributed by atoms with E-state index >= 15 is 0 Å². The first-order valence-corrected chi connectivity index (χ1v) is 6.51. The Labute approximate surface area is 114 Å². The van der Waals surface area contributed by atoms with Crippen LogP contribution in [0.15, 0.2) is 24.3 Å². The molecule has 0 aliphatic carbocycles. The third-order valence-corrected chi connectivity index (χ3v) is 2.75. The predicted octanol–water partition coefficient (Wildman–Crippen LogP) is 1.05. The van der Waals surface area contributed by atoms with Gasteiger partial charge in [0.25, 0.3) is 0 Å². The first-order valence-electron chi connectivity index (χ1n) is 6.51. The van der Waals surface area contributed by atoms with Gasteiger partial charge >= 0.3 is 0 Å². The SMILES string of the molecule is CCOCCN(C)CC(=O)Nc1ccccc1CN. The van der Waals surface area contributed by atoms with Gasteiger partial charge in [-0.15, -0.1) is 0 Å². The second kappa shape index (κ2) is 8.63. The number of nitrogens with two attached hydrogens (primary N) is 1. The number of benzene rings is 1. The zero-order valence-corrected chi connectivity index (χ0v) is 11.7. The highest BCUT2D eigenvalue weighted by molar-refractivity contribution is 5.92. The molecule has 1 aromatic carbocycles. The molecule has 1 rings (SSSR count). The zero-order chi connectivity index (χ0) is 14.1. The summed E-state index contributed by atoms with van der Waals surface area (Å²) in [6.07, 6.45) is 0. The van der Waals surface area contributed by atoms with Crippen molar-refractivity contribution < 1.29 is 9.53 Å². The van der Waals surface area contributed by atoms with Gasteiger partial charge in [-0.3, -0.25) is 9.69 Å². The van der Waals surface area contributed by atoms with Crippen LogP contribution in [0.4, 0.5) is 5.69 Å². The Hall–Kier alpha value is -1.43. The number of likely N-dealkylation sites (N-methyl/N-ethyl adjacent to an activating group) is 1. The van der Waals surface area contributed by atoms with Gasteiger partial charge < -0.3 is 15.8 Å². The highest BCUT2D eigenvalue weighted by Gasteiger charge is 2.08. The number of amides is 1. The lowest BCUT2D eigenvalue weighted by Gasteiger charge is -2.16. The molecule has 0 aromatic heterocycles. The van der Waals surface area contributed by atoms with Gasteiger partial charge in [0.05, 0.1) is 13.2 Å². The van der Waals surface area contributed by atoms with E-state index < -0.39 is 0 Å². The molecule has 0 saturated heterocycles. The molecule has 106 valence electrons. The number of rotatable bonds is 8. The molecule has 5 heteroatoms. The minimum Gasteiger partial charge on any atom is -0.380 e. The Morgan fingerprint density at radius 2 is 2.16 bits per heavy atom. The van der Waals surface area contributed by atoms with Crippen molar-refractivity contribution in [3.8, 4) is 0 Å². The summed E-state index contributed by atoms with van der Waals surface area (Å²) in [4.78, 5) is 13.8. The number of hydrogen-bond acceptors (Lipinski definition) is 4. The average Bonchev–Trinajstić information content (AvgIpc) is 2.39. The summed E-state index contributed by atoms with van der Waals surface area (Å²) in [6.45, 7) is 4.78. The van der Waals surface area contributed by atoms with Crippen LogP contribution < -0.4 is 11.1 Å². The lowest BCUT2D eigenvalue weighted by Crippen LogP contribution is -2.32. The van der Waals surface area contributed by atoms with Crippen molar-refractivity contribution in [2.75, 3.05) is 38.7 Å². The van der Waals surface area contributed by atoms with Crippen molar-refractivity contribution >= 4 is 11.6 Å². The van der Waals surface area contributed by atoms with Crippen LogP contribution in [0.1, 0.15) is 12.5 Å². The molecule has 1 aromatic rings. The van der Waals surface area contributed by atoms with E-state index in [2.05, 4.69) is 5.32 Å². The molecule has 0 radical (unpaired) electrons. The fourth-order valence-corrected chi connectivity index (χ4v) is 1.70. The van der Waals surface area contributed by atoms with E-state index in [1.54, 1.807) is 0 Å². The van der Waals surface area contributed by atoms with Crippen molar-refractivity contribution in [1.82, 2.24) is 4.90 Å². The summed E-state index contributed by atoms with van der Waals surface area (Å²) in [5.74, 6) is -0.0418. The van der Waals surface area contributed by atoms with Gasteiger partial charge in [0, 0.05) is 25.4 Å². The summed E-state index contributed by atoms with van der Waals surface area (Å²) in [5.41, 5.74) is 7.35. The van der Waals surface area contributed by atoms with E-state index in [9.17, 15) is 4.79 Å². The standard InChI is InChI=1S/C14H23N3O2/c1-3-19-9-8-17(2)11-14(18)16-13-7-5-4-6-12(13)10-15/h4-7H,3,8-11,15H2,1-2H3,(H,16,18). The van der Waals surface area contributed by atoms with E-state index in [0.717, 1.165) is 17.8 Å². The molecule has 1 amide bonds. The molecule has 0 aliphatic heterocycles. The van der Waals surface area contributed by atoms with Crippen LogP contribution in [0.2, 0.25) is 0 Å². The molecule has 0 saturated carbocycles. The van der Waals surface area contributed by atoms with Gasteiger partial charge in [-0.05, 0) is 25.6 Å². The second-order valence-electron chi connectivity index (χ2n) is 4.34. The van der Waals surface area contributed by atoms with Crippen molar-refractivity contribution in [3.05, 3.63) is 29.8 Å². The highest BCUT2D eigenvalue weighted by Crippen LogP contribution is 2.13. The first kappa shape index (κ1) is 15.6. The number of ether oxygens (including phenoxy) is 1. The van der Waals surface area contributed by atoms with Crippen LogP contribution in [0, 0.1) is 0 Å². The van der Waals surface area contributed by atoms with Crippen molar-refractivity contribution in [1.29, 1.82) is 0 Å². The maximum atomic E-state index is 11.9. The van der Waals surface area contributed by atoms with Gasteiger partial charge in [0.1, 0.15) is 0 Å². The Morgan fingerprint density at radius 3 is 2.84 bits per heavy atom. The lowest BCUT2D eigenvalue weighted by molar-refractivity contribution is -0.117. The van der Waals surface area contributed by atoms with Gasteiger partial charge in [0.15, 0.2) is 0 Å². The fourth-order valence-electron chi connectivity index (χ4n) is 1.70. The van der Waals surface area contributed by atoms with Crippen LogP contribution in [-0.2, 0) is 16.1 Å². The number of para-hydroxylation sites is 1. The van der Waals surface area contributed by atoms with Gasteiger partial charge in [-0.1, -0.05) is 18.2 Å². The molecule has 0 aliphatic rings. The van der Waals surface area contributed by atoms with Crippen LogP contribution in [-0.4, -0.2) is 44.2 Å². The second-order valence-corrected chi connectivity index (χ2v) is 4.34. The van der Waals surface area contributed by atoms with Crippen LogP contribution in [0.3, 0.4) is 0 Å². The highest BCUT2D eigenvalue weighted by atomic mass is 16.5. The molecule has 0 atom stereocenters. The smallest absolute Gasteiger partial charge is 0.238 e. The molecular formula is C14H23N3O2. The quantitative estimate of drug-likeness (QED) is 0.690. The number of nitrogens with one attached hydrogen (secondary N) is 1. The number of anilines is 1. The summed E-state index contributed by atoms with van der Waals surface area (Å²) >= 11 is 0. The number of hydrogen-bond donors (Lipinski definition) is 2. The number of carbonyl (C=O) groups excluding carboxylic acids is 1. The largest absolute Gasteiger partial charge is 0.380 e. The van der Waals surface area contributed by atoms with Gasteiger partial charge in [-0.2, -0.15) is 0 Å². The van der Waals surface area contributed by atoms with E-state index in [-0.39, 0.29) is 5.91 Å². The molecule has 3 N–H and O–H groups in total. The van der Waals surface area contributed by atoms with Crippen LogP contribution >= 0.6 is 0 Å². The van der Waals surface area contributed by atoms with Gasteiger partial charge in [0.2, 0.25) is 5.91 Å². The van der Waals surface area contributed by atoms with Crippen molar-refractivity contribution in [2.45, 2.75) is 13.5 Å². The molecule has 0 unspecified atom stereocenters. The molecular weight excluding hydrogens is 242 g/mol. The summed E-state index contributed by atoms with van der Waals surface area (Å²) < 4.78 is 5.25. The third kappa shape index (κ3) is 5.83. The minimum absolute atomic E-state index is 0.0418. The van der Waals surface area contributed by atoms with E-state index in [1.165, 1.54) is 0 Å². The summed E-state index contributed by atoms with van der Waals surface area (Å²) in [6, 6.07) is 7.56. The Balaban J connectivity index is 2.42. The molecule has 0 spiro atoms. The van der Waals surface area contributed by atoms with E-state index in [0.29, 0.717) is 26.3 Å². The Morgan fingerprint density at radius 1 is 1.42 bits per heavy atom. The average molecular weight is 265 g/mol. The van der Waals surface area contributed by atoms with Crippen LogP contribution in [0.5, 0.6) is 0 Å². The molecule has 0 bridgehead atoms. The Kier molecular flexibility index (Phi) is 7.10. The number of carbonyl (C=O) groups is 1. The monoisotopic (exact) mass is 265 g/mol. The molecule has 0 heterocycles. The van der Waals surface area contributed by atoms with Gasteiger partial charge in [-0.25, -0.2) is 0 Å².